The van der Waals surface area contributed by atoms with Crippen LogP contribution in [0.1, 0.15) is 36.8 Å². The van der Waals surface area contributed by atoms with Crippen molar-refractivity contribution in [3.8, 4) is 5.75 Å². The van der Waals surface area contributed by atoms with Crippen LogP contribution in [0.3, 0.4) is 0 Å². The number of rotatable bonds is 6. The van der Waals surface area contributed by atoms with Crippen molar-refractivity contribution in [1.82, 2.24) is 10.6 Å². The van der Waals surface area contributed by atoms with Gasteiger partial charge in [-0.25, -0.2) is 0 Å². The minimum absolute atomic E-state index is 0. The molecule has 2 aromatic rings. The second-order valence-corrected chi connectivity index (χ2v) is 7.43. The van der Waals surface area contributed by atoms with Gasteiger partial charge < -0.3 is 15.4 Å². The summed E-state index contributed by atoms with van der Waals surface area (Å²) in [6.07, 6.45) is 5.34. The Morgan fingerprint density at radius 3 is 2.41 bits per heavy atom. The van der Waals surface area contributed by atoms with Gasteiger partial charge in [-0.3, -0.25) is 4.79 Å². The number of hydrogen-bond acceptors (Lipinski definition) is 3. The van der Waals surface area contributed by atoms with Gasteiger partial charge in [-0.2, -0.15) is 0 Å². The molecule has 0 spiro atoms. The van der Waals surface area contributed by atoms with E-state index in [-0.39, 0.29) is 31.0 Å². The van der Waals surface area contributed by atoms with Crippen LogP contribution in [-0.4, -0.2) is 30.6 Å². The summed E-state index contributed by atoms with van der Waals surface area (Å²) in [6.45, 7) is 0.0745. The van der Waals surface area contributed by atoms with Crippen molar-refractivity contribution in [3.63, 3.8) is 0 Å². The maximum Gasteiger partial charge on any atom is 0.258 e. The van der Waals surface area contributed by atoms with Crippen molar-refractivity contribution in [1.29, 1.82) is 0 Å². The van der Waals surface area contributed by atoms with Crippen LogP contribution in [0.4, 0.5) is 0 Å². The Hall–Kier alpha value is -2.04. The lowest BCUT2D eigenvalue weighted by Crippen LogP contribution is -2.49. The number of nitrogens with one attached hydrogen (secondary N) is 2. The molecule has 0 aromatic heterocycles. The molecule has 2 aliphatic heterocycles. The molecule has 2 heterocycles. The van der Waals surface area contributed by atoms with E-state index < -0.39 is 0 Å². The minimum atomic E-state index is -0.0224. The van der Waals surface area contributed by atoms with Crippen LogP contribution in [0.2, 0.25) is 0 Å². The SMILES string of the molecule is Cl.O=C(COc1ccccc1Cc1ccccc1)NC1CC2CCC(C1)N2. The van der Waals surface area contributed by atoms with E-state index in [4.69, 9.17) is 4.74 Å². The summed E-state index contributed by atoms with van der Waals surface area (Å²) in [6, 6.07) is 19.7. The molecule has 27 heavy (non-hydrogen) atoms. The lowest BCUT2D eigenvalue weighted by atomic mass is 10.00. The maximum atomic E-state index is 12.3. The molecular formula is C22H27ClN2O2. The van der Waals surface area contributed by atoms with Gasteiger partial charge in [0.15, 0.2) is 6.61 Å². The van der Waals surface area contributed by atoms with Crippen molar-refractivity contribution in [3.05, 3.63) is 65.7 Å². The van der Waals surface area contributed by atoms with Crippen LogP contribution in [0.5, 0.6) is 5.75 Å². The van der Waals surface area contributed by atoms with E-state index >= 15 is 0 Å². The number of piperidine rings is 1. The number of amides is 1. The summed E-state index contributed by atoms with van der Waals surface area (Å²) < 4.78 is 5.85. The molecule has 2 fully saturated rings. The molecule has 1 amide bonds. The molecule has 2 aliphatic rings. The number of carbonyl (C=O) groups is 1. The van der Waals surface area contributed by atoms with Crippen molar-refractivity contribution < 1.29 is 9.53 Å². The minimum Gasteiger partial charge on any atom is -0.483 e. The molecule has 2 unspecified atom stereocenters. The zero-order chi connectivity index (χ0) is 17.8. The number of para-hydroxylation sites is 1. The number of carbonyl (C=O) groups excluding carboxylic acids is 1. The van der Waals surface area contributed by atoms with Crippen LogP contribution in [0.25, 0.3) is 0 Å². The zero-order valence-electron chi connectivity index (χ0n) is 15.4. The highest BCUT2D eigenvalue weighted by Crippen LogP contribution is 2.27. The zero-order valence-corrected chi connectivity index (χ0v) is 16.2. The fourth-order valence-corrected chi connectivity index (χ4v) is 4.19. The highest BCUT2D eigenvalue weighted by atomic mass is 35.5. The first-order valence-corrected chi connectivity index (χ1v) is 9.56. The van der Waals surface area contributed by atoms with Crippen LogP contribution < -0.4 is 15.4 Å². The number of ether oxygens (including phenoxy) is 1. The molecule has 2 N–H and O–H groups in total. The summed E-state index contributed by atoms with van der Waals surface area (Å²) in [5.74, 6) is 0.766. The first-order chi connectivity index (χ1) is 12.8. The first-order valence-electron chi connectivity index (χ1n) is 9.56. The van der Waals surface area contributed by atoms with Gasteiger partial charge in [-0.15, -0.1) is 12.4 Å². The third-order valence-electron chi connectivity index (χ3n) is 5.41. The Balaban J connectivity index is 0.00000210. The predicted molar refractivity (Wildman–Crippen MR) is 110 cm³/mol. The third kappa shape index (κ3) is 5.24. The second-order valence-electron chi connectivity index (χ2n) is 7.43. The van der Waals surface area contributed by atoms with Gasteiger partial charge in [-0.05, 0) is 42.9 Å². The monoisotopic (exact) mass is 386 g/mol. The molecule has 4 rings (SSSR count). The highest BCUT2D eigenvalue weighted by Gasteiger charge is 2.33. The van der Waals surface area contributed by atoms with Gasteiger partial charge in [0.25, 0.3) is 5.91 Å². The van der Waals surface area contributed by atoms with E-state index in [2.05, 4.69) is 28.8 Å². The van der Waals surface area contributed by atoms with Gasteiger partial charge in [0.2, 0.25) is 0 Å². The second kappa shape index (κ2) is 9.25. The fraction of sp³-hybridized carbons (Fsp3) is 0.409. The van der Waals surface area contributed by atoms with Crippen molar-refractivity contribution in [2.45, 2.75) is 50.2 Å². The topological polar surface area (TPSA) is 50.4 Å². The predicted octanol–water partition coefficient (Wildman–Crippen LogP) is 3.48. The van der Waals surface area contributed by atoms with E-state index in [0.29, 0.717) is 12.1 Å². The Morgan fingerprint density at radius 2 is 1.67 bits per heavy atom. The molecule has 2 atom stereocenters. The summed E-state index contributed by atoms with van der Waals surface area (Å²) in [4.78, 5) is 12.3. The summed E-state index contributed by atoms with van der Waals surface area (Å²) in [5.41, 5.74) is 2.34. The molecule has 0 saturated carbocycles. The molecule has 2 aromatic carbocycles. The van der Waals surface area contributed by atoms with Gasteiger partial charge >= 0.3 is 0 Å². The highest BCUT2D eigenvalue weighted by molar-refractivity contribution is 5.85. The van der Waals surface area contributed by atoms with Crippen molar-refractivity contribution in [2.24, 2.45) is 0 Å². The van der Waals surface area contributed by atoms with Crippen LogP contribution in [-0.2, 0) is 11.2 Å². The molecule has 0 aliphatic carbocycles. The largest absolute Gasteiger partial charge is 0.483 e. The molecule has 4 nitrogen and oxygen atoms in total. The standard InChI is InChI=1S/C22H26N2O2.ClH/c25-22(24-20-13-18-10-11-19(14-20)23-18)15-26-21-9-5-4-8-17(21)12-16-6-2-1-3-7-16;/h1-9,18-20,23H,10-15H2,(H,24,25);1H. The normalized spacial score (nSPS) is 23.3. The Labute approximate surface area is 167 Å². The van der Waals surface area contributed by atoms with E-state index in [0.717, 1.165) is 30.6 Å². The van der Waals surface area contributed by atoms with E-state index in [1.165, 1.54) is 18.4 Å². The molecule has 5 heteroatoms. The van der Waals surface area contributed by atoms with Gasteiger partial charge in [0, 0.05) is 24.5 Å². The first kappa shape index (κ1) is 19.7. The van der Waals surface area contributed by atoms with Crippen molar-refractivity contribution in [2.75, 3.05) is 6.61 Å². The molecule has 2 saturated heterocycles. The van der Waals surface area contributed by atoms with Crippen molar-refractivity contribution >= 4 is 18.3 Å². The van der Waals surface area contributed by atoms with Gasteiger partial charge in [-0.1, -0.05) is 48.5 Å². The number of halogens is 1. The maximum absolute atomic E-state index is 12.3. The smallest absolute Gasteiger partial charge is 0.258 e. The van der Waals surface area contributed by atoms with E-state index in [1.807, 2.05) is 36.4 Å². The van der Waals surface area contributed by atoms with Crippen LogP contribution >= 0.6 is 12.4 Å². The Kier molecular flexibility index (Phi) is 6.75. The number of hydrogen-bond donors (Lipinski definition) is 2. The molecule has 144 valence electrons. The van der Waals surface area contributed by atoms with E-state index in [9.17, 15) is 4.79 Å². The summed E-state index contributed by atoms with van der Waals surface area (Å²) >= 11 is 0. The molecule has 0 radical (unpaired) electrons. The quantitative estimate of drug-likeness (QED) is 0.799. The van der Waals surface area contributed by atoms with Gasteiger partial charge in [0.1, 0.15) is 5.75 Å². The number of fused-ring (bicyclic) bond motifs is 2. The lowest BCUT2D eigenvalue weighted by molar-refractivity contribution is -0.124. The third-order valence-corrected chi connectivity index (χ3v) is 5.41. The Bertz CT molecular complexity index is 741. The average Bonchev–Trinajstić information content (AvgIpc) is 3.00. The molecular weight excluding hydrogens is 360 g/mol. The van der Waals surface area contributed by atoms with Crippen LogP contribution in [0, 0.1) is 0 Å². The average molecular weight is 387 g/mol. The fourth-order valence-electron chi connectivity index (χ4n) is 4.19. The van der Waals surface area contributed by atoms with Gasteiger partial charge in [0.05, 0.1) is 0 Å². The molecule has 2 bridgehead atoms. The number of benzene rings is 2. The van der Waals surface area contributed by atoms with Crippen LogP contribution in [0.15, 0.2) is 54.6 Å². The van der Waals surface area contributed by atoms with E-state index in [1.54, 1.807) is 0 Å². The Morgan fingerprint density at radius 1 is 1.00 bits per heavy atom. The summed E-state index contributed by atoms with van der Waals surface area (Å²) in [5, 5.41) is 6.75. The summed E-state index contributed by atoms with van der Waals surface area (Å²) in [7, 11) is 0. The lowest BCUT2D eigenvalue weighted by Gasteiger charge is -2.29.